The molecular weight excluding hydrogens is 256 g/mol. The minimum atomic E-state index is -0.737. The molecule has 3 N–H and O–H groups in total. The molecular formula is C15H16N2O3. The number of nitro benzene ring substituents is 1. The van der Waals surface area contributed by atoms with Crippen molar-refractivity contribution < 1.29 is 10.0 Å². The Morgan fingerprint density at radius 2 is 1.70 bits per heavy atom. The first-order valence-corrected chi connectivity index (χ1v) is 6.30. The zero-order chi connectivity index (χ0) is 14.5. The Balaban J connectivity index is 2.06. The van der Waals surface area contributed by atoms with Gasteiger partial charge in [0.2, 0.25) is 0 Å². The zero-order valence-electron chi connectivity index (χ0n) is 10.8. The predicted octanol–water partition coefficient (Wildman–Crippen LogP) is 2.20. The van der Waals surface area contributed by atoms with Crippen molar-refractivity contribution in [2.75, 3.05) is 0 Å². The second kappa shape index (κ2) is 6.27. The fourth-order valence-corrected chi connectivity index (χ4v) is 2.02. The Morgan fingerprint density at radius 1 is 1.10 bits per heavy atom. The van der Waals surface area contributed by atoms with Crippen LogP contribution in [0.2, 0.25) is 0 Å². The first-order chi connectivity index (χ1) is 9.58. The Kier molecular flexibility index (Phi) is 4.45. The lowest BCUT2D eigenvalue weighted by Gasteiger charge is -2.19. The zero-order valence-corrected chi connectivity index (χ0v) is 10.8. The molecule has 0 aliphatic rings. The number of aliphatic hydroxyl groups excluding tert-OH is 1. The summed E-state index contributed by atoms with van der Waals surface area (Å²) in [6.45, 7) is 0. The van der Waals surface area contributed by atoms with Crippen molar-refractivity contribution in [3.63, 3.8) is 0 Å². The fourth-order valence-electron chi connectivity index (χ4n) is 2.02. The van der Waals surface area contributed by atoms with Gasteiger partial charge in [0.15, 0.2) is 0 Å². The predicted molar refractivity (Wildman–Crippen MR) is 76.2 cm³/mol. The molecule has 2 atom stereocenters. The normalized spacial score (nSPS) is 13.7. The van der Waals surface area contributed by atoms with E-state index in [1.54, 1.807) is 12.1 Å². The molecule has 0 radical (unpaired) electrons. The molecule has 5 heteroatoms. The first-order valence-electron chi connectivity index (χ1n) is 6.30. The highest BCUT2D eigenvalue weighted by Crippen LogP contribution is 2.20. The van der Waals surface area contributed by atoms with Crippen LogP contribution in [0.15, 0.2) is 54.6 Å². The van der Waals surface area contributed by atoms with Crippen LogP contribution in [-0.4, -0.2) is 16.1 Å². The summed E-state index contributed by atoms with van der Waals surface area (Å²) in [7, 11) is 0. The number of hydrogen-bond donors (Lipinski definition) is 2. The smallest absolute Gasteiger partial charge is 0.269 e. The summed E-state index contributed by atoms with van der Waals surface area (Å²) < 4.78 is 0. The van der Waals surface area contributed by atoms with E-state index in [1.165, 1.54) is 12.1 Å². The van der Waals surface area contributed by atoms with Crippen LogP contribution in [0.4, 0.5) is 5.69 Å². The van der Waals surface area contributed by atoms with Crippen LogP contribution in [0.5, 0.6) is 0 Å². The van der Waals surface area contributed by atoms with Crippen molar-refractivity contribution in [1.82, 2.24) is 0 Å². The van der Waals surface area contributed by atoms with Crippen molar-refractivity contribution in [3.8, 4) is 0 Å². The van der Waals surface area contributed by atoms with Crippen LogP contribution in [0.3, 0.4) is 0 Å². The molecule has 2 rings (SSSR count). The molecule has 0 aliphatic carbocycles. The summed E-state index contributed by atoms with van der Waals surface area (Å²) in [5.41, 5.74) is 7.68. The molecule has 104 valence electrons. The van der Waals surface area contributed by atoms with E-state index < -0.39 is 17.1 Å². The summed E-state index contributed by atoms with van der Waals surface area (Å²) in [6.07, 6.45) is -0.294. The quantitative estimate of drug-likeness (QED) is 0.645. The second-order valence-electron chi connectivity index (χ2n) is 4.63. The topological polar surface area (TPSA) is 89.4 Å². The lowest BCUT2D eigenvalue weighted by molar-refractivity contribution is -0.384. The maximum absolute atomic E-state index is 10.6. The summed E-state index contributed by atoms with van der Waals surface area (Å²) in [6, 6.07) is 14.9. The fraction of sp³-hybridized carbons (Fsp3) is 0.200. The van der Waals surface area contributed by atoms with E-state index in [1.807, 2.05) is 30.3 Å². The minimum absolute atomic E-state index is 0.0125. The molecule has 0 aromatic heterocycles. The SMILES string of the molecule is N[C@H](c1ccc([N+](=O)[O-])cc1)[C@@H](O)Cc1ccccc1. The van der Waals surface area contributed by atoms with Gasteiger partial charge in [-0.1, -0.05) is 42.5 Å². The summed E-state index contributed by atoms with van der Waals surface area (Å²) >= 11 is 0. The van der Waals surface area contributed by atoms with E-state index in [0.29, 0.717) is 12.0 Å². The van der Waals surface area contributed by atoms with Crippen molar-refractivity contribution in [2.24, 2.45) is 5.73 Å². The maximum atomic E-state index is 10.6. The first kappa shape index (κ1) is 14.2. The van der Waals surface area contributed by atoms with Crippen LogP contribution in [0.25, 0.3) is 0 Å². The number of nitrogens with two attached hydrogens (primary N) is 1. The molecule has 0 amide bonds. The summed E-state index contributed by atoms with van der Waals surface area (Å²) in [5, 5.41) is 20.7. The molecule has 0 bridgehead atoms. The minimum Gasteiger partial charge on any atom is -0.391 e. The van der Waals surface area contributed by atoms with E-state index in [0.717, 1.165) is 5.56 Å². The lowest BCUT2D eigenvalue weighted by atomic mass is 9.97. The number of aliphatic hydroxyl groups is 1. The summed E-state index contributed by atoms with van der Waals surface area (Å²) in [5.74, 6) is 0. The molecule has 0 fully saturated rings. The molecule has 0 spiro atoms. The van der Waals surface area contributed by atoms with E-state index >= 15 is 0 Å². The molecule has 0 unspecified atom stereocenters. The molecule has 2 aromatic carbocycles. The Bertz CT molecular complexity index is 569. The van der Waals surface area contributed by atoms with Crippen molar-refractivity contribution >= 4 is 5.69 Å². The number of non-ortho nitro benzene ring substituents is 1. The van der Waals surface area contributed by atoms with E-state index in [-0.39, 0.29) is 5.69 Å². The van der Waals surface area contributed by atoms with Gasteiger partial charge in [0.05, 0.1) is 17.1 Å². The van der Waals surface area contributed by atoms with E-state index in [4.69, 9.17) is 5.73 Å². The van der Waals surface area contributed by atoms with Gasteiger partial charge in [-0.2, -0.15) is 0 Å². The molecule has 0 saturated heterocycles. The number of benzene rings is 2. The standard InChI is InChI=1S/C15H16N2O3/c16-15(12-6-8-13(9-7-12)17(19)20)14(18)10-11-4-2-1-3-5-11/h1-9,14-15,18H,10,16H2/t14-,15+/m0/s1. The molecule has 0 aliphatic heterocycles. The molecule has 20 heavy (non-hydrogen) atoms. The van der Waals surface area contributed by atoms with Gasteiger partial charge in [0, 0.05) is 18.6 Å². The van der Waals surface area contributed by atoms with Gasteiger partial charge >= 0.3 is 0 Å². The third kappa shape index (κ3) is 3.40. The number of nitro groups is 1. The van der Waals surface area contributed by atoms with Gasteiger partial charge < -0.3 is 10.8 Å². The van der Waals surface area contributed by atoms with E-state index in [2.05, 4.69) is 0 Å². The number of hydrogen-bond acceptors (Lipinski definition) is 4. The van der Waals surface area contributed by atoms with Gasteiger partial charge in [-0.15, -0.1) is 0 Å². The molecule has 2 aromatic rings. The third-order valence-electron chi connectivity index (χ3n) is 3.19. The number of rotatable bonds is 5. The van der Waals surface area contributed by atoms with Crippen LogP contribution in [0, 0.1) is 10.1 Å². The largest absolute Gasteiger partial charge is 0.391 e. The van der Waals surface area contributed by atoms with Crippen molar-refractivity contribution in [1.29, 1.82) is 0 Å². The highest BCUT2D eigenvalue weighted by atomic mass is 16.6. The molecule has 0 heterocycles. The number of nitrogens with zero attached hydrogens (tertiary/aromatic N) is 1. The molecule has 0 saturated carbocycles. The summed E-state index contributed by atoms with van der Waals surface area (Å²) in [4.78, 5) is 10.1. The van der Waals surface area contributed by atoms with Gasteiger partial charge in [0.25, 0.3) is 5.69 Å². The van der Waals surface area contributed by atoms with E-state index in [9.17, 15) is 15.2 Å². The molecule has 5 nitrogen and oxygen atoms in total. The van der Waals surface area contributed by atoms with Crippen molar-refractivity contribution in [3.05, 3.63) is 75.8 Å². The highest BCUT2D eigenvalue weighted by Gasteiger charge is 2.18. The average molecular weight is 272 g/mol. The Morgan fingerprint density at radius 3 is 2.25 bits per heavy atom. The maximum Gasteiger partial charge on any atom is 0.269 e. The van der Waals surface area contributed by atoms with Gasteiger partial charge in [-0.05, 0) is 11.1 Å². The average Bonchev–Trinajstić information content (AvgIpc) is 2.47. The third-order valence-corrected chi connectivity index (χ3v) is 3.19. The van der Waals surface area contributed by atoms with Crippen molar-refractivity contribution in [2.45, 2.75) is 18.6 Å². The van der Waals surface area contributed by atoms with Gasteiger partial charge in [0.1, 0.15) is 0 Å². The highest BCUT2D eigenvalue weighted by molar-refractivity contribution is 5.34. The Hall–Kier alpha value is -2.24. The Labute approximate surface area is 116 Å². The van der Waals surface area contributed by atoms with Gasteiger partial charge in [-0.3, -0.25) is 10.1 Å². The van der Waals surface area contributed by atoms with Gasteiger partial charge in [-0.25, -0.2) is 0 Å². The lowest BCUT2D eigenvalue weighted by Crippen LogP contribution is -2.28. The van der Waals surface area contributed by atoms with Crippen LogP contribution in [0.1, 0.15) is 17.2 Å². The second-order valence-corrected chi connectivity index (χ2v) is 4.63. The van der Waals surface area contributed by atoms with Crippen LogP contribution < -0.4 is 5.73 Å². The monoisotopic (exact) mass is 272 g/mol. The van der Waals surface area contributed by atoms with Crippen LogP contribution in [-0.2, 0) is 6.42 Å². The van der Waals surface area contributed by atoms with Crippen LogP contribution >= 0.6 is 0 Å².